The van der Waals surface area contributed by atoms with Crippen LogP contribution in [0.5, 0.6) is 11.5 Å². The molecule has 0 spiro atoms. The minimum atomic E-state index is 0.170. The molecule has 2 aliphatic rings. The zero-order valence-corrected chi connectivity index (χ0v) is 14.3. The highest BCUT2D eigenvalue weighted by atomic mass is 79.9. The number of ether oxygens (including phenoxy) is 2. The third kappa shape index (κ3) is 3.20. The molecule has 0 aromatic heterocycles. The first-order valence-electron chi connectivity index (χ1n) is 7.52. The quantitative estimate of drug-likeness (QED) is 0.886. The van der Waals surface area contributed by atoms with E-state index < -0.39 is 0 Å². The predicted octanol–water partition coefficient (Wildman–Crippen LogP) is 2.78. The molecule has 0 aliphatic carbocycles. The summed E-state index contributed by atoms with van der Waals surface area (Å²) >= 11 is 3.59. The number of rotatable bonds is 2. The summed E-state index contributed by atoms with van der Waals surface area (Å²) in [5.74, 6) is 1.67. The Hall–Kier alpha value is -0.780. The van der Waals surface area contributed by atoms with Crippen LogP contribution in [0.25, 0.3) is 0 Å². The van der Waals surface area contributed by atoms with E-state index in [1.807, 2.05) is 0 Å². The zero-order valence-electron chi connectivity index (χ0n) is 12.7. The normalized spacial score (nSPS) is 24.9. The van der Waals surface area contributed by atoms with Gasteiger partial charge < -0.3 is 15.2 Å². The third-order valence-electron chi connectivity index (χ3n) is 4.45. The van der Waals surface area contributed by atoms with E-state index in [2.05, 4.69) is 46.8 Å². The molecule has 1 unspecified atom stereocenters. The van der Waals surface area contributed by atoms with Crippen molar-refractivity contribution in [3.05, 3.63) is 22.2 Å². The van der Waals surface area contributed by atoms with Crippen LogP contribution < -0.4 is 15.2 Å². The van der Waals surface area contributed by atoms with Crippen LogP contribution in [0.2, 0.25) is 0 Å². The monoisotopic (exact) mass is 354 g/mol. The van der Waals surface area contributed by atoms with Crippen molar-refractivity contribution >= 4 is 15.9 Å². The van der Waals surface area contributed by atoms with Crippen LogP contribution in [0.4, 0.5) is 0 Å². The first-order valence-corrected chi connectivity index (χ1v) is 8.31. The summed E-state index contributed by atoms with van der Waals surface area (Å²) in [5.41, 5.74) is 7.63. The largest absolute Gasteiger partial charge is 0.486 e. The first-order chi connectivity index (χ1) is 9.95. The Kier molecular flexibility index (Phi) is 4.17. The topological polar surface area (TPSA) is 47.7 Å². The number of nitrogens with zero attached hydrogens (tertiary/aromatic N) is 1. The molecule has 5 heteroatoms. The highest BCUT2D eigenvalue weighted by molar-refractivity contribution is 9.10. The van der Waals surface area contributed by atoms with Gasteiger partial charge in [0.1, 0.15) is 13.2 Å². The Morgan fingerprint density at radius 2 is 2.10 bits per heavy atom. The van der Waals surface area contributed by atoms with Gasteiger partial charge >= 0.3 is 0 Å². The minimum Gasteiger partial charge on any atom is -0.486 e. The summed E-state index contributed by atoms with van der Waals surface area (Å²) in [5, 5.41) is 0. The lowest BCUT2D eigenvalue weighted by Gasteiger charge is -2.42. The van der Waals surface area contributed by atoms with Gasteiger partial charge in [0.2, 0.25) is 0 Å². The van der Waals surface area contributed by atoms with Crippen molar-refractivity contribution in [2.45, 2.75) is 32.9 Å². The second kappa shape index (κ2) is 5.78. The lowest BCUT2D eigenvalue weighted by Crippen LogP contribution is -2.52. The molecule has 1 aromatic carbocycles. The standard InChI is InChI=1S/C16H23BrN2O2/c1-16(2)10-19(4-3-14(16)18)9-11-7-12(17)15-13(8-11)20-5-6-21-15/h7-8,14H,3-6,9-10,18H2,1-2H3. The lowest BCUT2D eigenvalue weighted by molar-refractivity contribution is 0.0896. The van der Waals surface area contributed by atoms with E-state index >= 15 is 0 Å². The van der Waals surface area contributed by atoms with Crippen molar-refractivity contribution in [3.8, 4) is 11.5 Å². The number of fused-ring (bicyclic) bond motifs is 1. The molecule has 1 aromatic rings. The Labute approximate surface area is 134 Å². The van der Waals surface area contributed by atoms with Gasteiger partial charge in [-0.2, -0.15) is 0 Å². The Balaban J connectivity index is 1.75. The van der Waals surface area contributed by atoms with Gasteiger partial charge in [0.05, 0.1) is 4.47 Å². The van der Waals surface area contributed by atoms with Crippen molar-refractivity contribution in [1.29, 1.82) is 0 Å². The van der Waals surface area contributed by atoms with Gasteiger partial charge in [-0.25, -0.2) is 0 Å². The van der Waals surface area contributed by atoms with Crippen LogP contribution in [0, 0.1) is 5.41 Å². The van der Waals surface area contributed by atoms with E-state index in [4.69, 9.17) is 15.2 Å². The number of piperidine rings is 1. The van der Waals surface area contributed by atoms with Crippen LogP contribution >= 0.6 is 15.9 Å². The fourth-order valence-corrected chi connectivity index (χ4v) is 3.74. The lowest BCUT2D eigenvalue weighted by atomic mass is 9.79. The van der Waals surface area contributed by atoms with Gasteiger partial charge in [-0.15, -0.1) is 0 Å². The van der Waals surface area contributed by atoms with E-state index in [9.17, 15) is 0 Å². The molecule has 2 aliphatic heterocycles. The van der Waals surface area contributed by atoms with Crippen molar-refractivity contribution in [3.63, 3.8) is 0 Å². The van der Waals surface area contributed by atoms with Crippen molar-refractivity contribution in [1.82, 2.24) is 4.90 Å². The second-order valence-electron chi connectivity index (χ2n) is 6.70. The smallest absolute Gasteiger partial charge is 0.175 e. The molecule has 116 valence electrons. The van der Waals surface area contributed by atoms with E-state index in [1.54, 1.807) is 0 Å². The molecule has 2 N–H and O–H groups in total. The predicted molar refractivity (Wildman–Crippen MR) is 86.8 cm³/mol. The fraction of sp³-hybridized carbons (Fsp3) is 0.625. The number of hydrogen-bond donors (Lipinski definition) is 1. The van der Waals surface area contributed by atoms with Gasteiger partial charge in [-0.3, -0.25) is 4.90 Å². The second-order valence-corrected chi connectivity index (χ2v) is 7.55. The van der Waals surface area contributed by atoms with Gasteiger partial charge in [0.15, 0.2) is 11.5 Å². The fourth-order valence-electron chi connectivity index (χ4n) is 3.13. The molecule has 0 saturated carbocycles. The maximum absolute atomic E-state index is 6.21. The summed E-state index contributed by atoms with van der Waals surface area (Å²) < 4.78 is 12.3. The van der Waals surface area contributed by atoms with Crippen LogP contribution in [0.1, 0.15) is 25.8 Å². The average molecular weight is 355 g/mol. The zero-order chi connectivity index (χ0) is 15.0. The molecule has 1 saturated heterocycles. The van der Waals surface area contributed by atoms with E-state index in [0.717, 1.165) is 42.0 Å². The van der Waals surface area contributed by atoms with Crippen molar-refractivity contribution < 1.29 is 9.47 Å². The molecule has 4 nitrogen and oxygen atoms in total. The van der Waals surface area contributed by atoms with Gasteiger partial charge in [0, 0.05) is 25.7 Å². The molecular weight excluding hydrogens is 332 g/mol. The summed E-state index contributed by atoms with van der Waals surface area (Å²) in [6.45, 7) is 8.74. The summed E-state index contributed by atoms with van der Waals surface area (Å²) in [6.07, 6.45) is 1.05. The number of hydrogen-bond acceptors (Lipinski definition) is 4. The van der Waals surface area contributed by atoms with E-state index in [-0.39, 0.29) is 5.41 Å². The molecule has 1 atom stereocenters. The van der Waals surface area contributed by atoms with Gasteiger partial charge in [-0.05, 0) is 45.5 Å². The number of halogens is 1. The average Bonchev–Trinajstić information content (AvgIpc) is 2.43. The Morgan fingerprint density at radius 1 is 1.33 bits per heavy atom. The third-order valence-corrected chi connectivity index (χ3v) is 5.04. The summed E-state index contributed by atoms with van der Waals surface area (Å²) in [4.78, 5) is 2.47. The highest BCUT2D eigenvalue weighted by Gasteiger charge is 2.33. The molecule has 0 radical (unpaired) electrons. The van der Waals surface area contributed by atoms with Crippen LogP contribution in [-0.4, -0.2) is 37.2 Å². The molecule has 21 heavy (non-hydrogen) atoms. The maximum atomic E-state index is 6.21. The van der Waals surface area contributed by atoms with Gasteiger partial charge in [0.25, 0.3) is 0 Å². The van der Waals surface area contributed by atoms with Crippen LogP contribution in [-0.2, 0) is 6.54 Å². The molecule has 1 fully saturated rings. The molecule has 0 bridgehead atoms. The molecular formula is C16H23BrN2O2. The number of benzene rings is 1. The van der Waals surface area contributed by atoms with Gasteiger partial charge in [-0.1, -0.05) is 13.8 Å². The Bertz CT molecular complexity index is 533. The number of nitrogens with two attached hydrogens (primary N) is 1. The number of likely N-dealkylation sites (tertiary alicyclic amines) is 1. The molecule has 3 rings (SSSR count). The highest BCUT2D eigenvalue weighted by Crippen LogP contribution is 2.39. The molecule has 0 amide bonds. The Morgan fingerprint density at radius 3 is 2.86 bits per heavy atom. The van der Waals surface area contributed by atoms with Crippen molar-refractivity contribution in [2.75, 3.05) is 26.3 Å². The van der Waals surface area contributed by atoms with Crippen LogP contribution in [0.15, 0.2) is 16.6 Å². The summed E-state index contributed by atoms with van der Waals surface area (Å²) in [6, 6.07) is 4.52. The van der Waals surface area contributed by atoms with E-state index in [0.29, 0.717) is 19.3 Å². The van der Waals surface area contributed by atoms with E-state index in [1.165, 1.54) is 5.56 Å². The van der Waals surface area contributed by atoms with Crippen molar-refractivity contribution in [2.24, 2.45) is 11.1 Å². The maximum Gasteiger partial charge on any atom is 0.175 e. The SMILES string of the molecule is CC1(C)CN(Cc2cc(Br)c3c(c2)OCCO3)CCC1N. The summed E-state index contributed by atoms with van der Waals surface area (Å²) in [7, 11) is 0. The van der Waals surface area contributed by atoms with Crippen LogP contribution in [0.3, 0.4) is 0 Å². The molecule has 2 heterocycles. The first kappa shape index (κ1) is 15.1. The minimum absolute atomic E-state index is 0.170.